The van der Waals surface area contributed by atoms with Crippen molar-refractivity contribution >= 4 is 15.9 Å². The highest BCUT2D eigenvalue weighted by molar-refractivity contribution is 9.10. The van der Waals surface area contributed by atoms with Crippen molar-refractivity contribution in [3.63, 3.8) is 0 Å². The normalized spacial score (nSPS) is 16.2. The Bertz CT molecular complexity index is 918. The lowest BCUT2D eigenvalue weighted by atomic mass is 10.2. The minimum atomic E-state index is -0.222. The van der Waals surface area contributed by atoms with E-state index in [0.717, 1.165) is 56.1 Å². The van der Waals surface area contributed by atoms with Gasteiger partial charge in [0, 0.05) is 25.2 Å². The summed E-state index contributed by atoms with van der Waals surface area (Å²) < 4.78 is 19.4. The summed E-state index contributed by atoms with van der Waals surface area (Å²) in [7, 11) is 0. The third-order valence-corrected chi connectivity index (χ3v) is 5.53. The second-order valence-electron chi connectivity index (χ2n) is 7.04. The van der Waals surface area contributed by atoms with Crippen LogP contribution in [-0.4, -0.2) is 46.1 Å². The first-order chi connectivity index (χ1) is 13.7. The number of benzene rings is 2. The molecule has 0 aliphatic carbocycles. The van der Waals surface area contributed by atoms with E-state index in [1.807, 2.05) is 42.5 Å². The Hall–Kier alpha value is -2.09. The molecule has 2 heterocycles. The molecular weight excluding hydrogens is 423 g/mol. The van der Waals surface area contributed by atoms with E-state index < -0.39 is 0 Å². The lowest BCUT2D eigenvalue weighted by molar-refractivity contribution is 0.241. The topological polar surface area (TPSA) is 45.4 Å². The molecule has 1 aliphatic rings. The quantitative estimate of drug-likeness (QED) is 0.585. The minimum Gasteiger partial charge on any atom is -0.334 e. The van der Waals surface area contributed by atoms with Crippen molar-refractivity contribution < 1.29 is 8.91 Å². The number of aromatic nitrogens is 2. The molecule has 4 rings (SSSR count). The van der Waals surface area contributed by atoms with Gasteiger partial charge in [-0.05, 0) is 65.3 Å². The van der Waals surface area contributed by atoms with Crippen LogP contribution in [0.25, 0.3) is 11.5 Å². The number of nitrogens with zero attached hydrogens (tertiary/aromatic N) is 4. The van der Waals surface area contributed by atoms with E-state index in [0.29, 0.717) is 16.9 Å². The number of hydrogen-bond acceptors (Lipinski definition) is 5. The molecule has 0 amide bonds. The molecule has 28 heavy (non-hydrogen) atoms. The Kier molecular flexibility index (Phi) is 6.14. The van der Waals surface area contributed by atoms with Crippen LogP contribution >= 0.6 is 15.9 Å². The average Bonchev–Trinajstić information content (AvgIpc) is 3.06. The summed E-state index contributed by atoms with van der Waals surface area (Å²) in [6.45, 7) is 5.43. The van der Waals surface area contributed by atoms with Gasteiger partial charge in [0.1, 0.15) is 5.82 Å². The van der Waals surface area contributed by atoms with Gasteiger partial charge in [0.2, 0.25) is 0 Å². The molecule has 3 aromatic rings. The number of hydrogen-bond donors (Lipinski definition) is 0. The van der Waals surface area contributed by atoms with Crippen molar-refractivity contribution in [3.8, 4) is 11.5 Å². The molecule has 1 aliphatic heterocycles. The zero-order chi connectivity index (χ0) is 19.3. The molecule has 1 fully saturated rings. The van der Waals surface area contributed by atoms with Crippen molar-refractivity contribution in [3.05, 3.63) is 70.2 Å². The Morgan fingerprint density at radius 3 is 2.46 bits per heavy atom. The summed E-state index contributed by atoms with van der Waals surface area (Å²) >= 11 is 3.27. The van der Waals surface area contributed by atoms with Gasteiger partial charge in [0.05, 0.1) is 11.0 Å². The highest BCUT2D eigenvalue weighted by atomic mass is 79.9. The molecule has 0 radical (unpaired) electrons. The van der Waals surface area contributed by atoms with Gasteiger partial charge in [-0.25, -0.2) is 4.39 Å². The van der Waals surface area contributed by atoms with E-state index in [2.05, 4.69) is 35.9 Å². The molecule has 0 N–H and O–H groups in total. The SMILES string of the molecule is Fc1ccc(CN2CCCN(Cc3noc(-c4ccccc4)n3)CC2)cc1Br. The molecule has 1 aromatic heterocycles. The third kappa shape index (κ3) is 4.84. The second-order valence-corrected chi connectivity index (χ2v) is 7.89. The average molecular weight is 445 g/mol. The fraction of sp³-hybridized carbons (Fsp3) is 0.333. The van der Waals surface area contributed by atoms with E-state index >= 15 is 0 Å². The molecule has 2 aromatic carbocycles. The zero-order valence-corrected chi connectivity index (χ0v) is 17.1. The van der Waals surface area contributed by atoms with Gasteiger partial charge < -0.3 is 4.52 Å². The lowest BCUT2D eigenvalue weighted by Gasteiger charge is -2.21. The van der Waals surface area contributed by atoms with Crippen molar-refractivity contribution in [2.24, 2.45) is 0 Å². The maximum atomic E-state index is 13.4. The van der Waals surface area contributed by atoms with Crippen LogP contribution in [0.2, 0.25) is 0 Å². The maximum absolute atomic E-state index is 13.4. The molecule has 146 valence electrons. The van der Waals surface area contributed by atoms with Gasteiger partial charge in [-0.2, -0.15) is 4.98 Å². The smallest absolute Gasteiger partial charge is 0.257 e. The Morgan fingerprint density at radius 2 is 1.71 bits per heavy atom. The van der Waals surface area contributed by atoms with Crippen LogP contribution in [0.15, 0.2) is 57.5 Å². The maximum Gasteiger partial charge on any atom is 0.257 e. The summed E-state index contributed by atoms with van der Waals surface area (Å²) in [6.07, 6.45) is 1.08. The molecule has 1 saturated heterocycles. The van der Waals surface area contributed by atoms with E-state index in [4.69, 9.17) is 4.52 Å². The summed E-state index contributed by atoms with van der Waals surface area (Å²) in [5.74, 6) is 1.06. The van der Waals surface area contributed by atoms with Gasteiger partial charge >= 0.3 is 0 Å². The second kappa shape index (κ2) is 8.94. The lowest BCUT2D eigenvalue weighted by Crippen LogP contribution is -2.30. The Balaban J connectivity index is 1.33. The van der Waals surface area contributed by atoms with Gasteiger partial charge in [-0.3, -0.25) is 9.80 Å². The molecule has 0 saturated carbocycles. The van der Waals surface area contributed by atoms with Crippen molar-refractivity contribution in [1.82, 2.24) is 19.9 Å². The molecule has 0 spiro atoms. The van der Waals surface area contributed by atoms with Gasteiger partial charge in [0.25, 0.3) is 5.89 Å². The van der Waals surface area contributed by atoms with Crippen LogP contribution in [0.3, 0.4) is 0 Å². The molecule has 0 bridgehead atoms. The Labute approximate surface area is 172 Å². The van der Waals surface area contributed by atoms with Crippen molar-refractivity contribution in [2.75, 3.05) is 26.2 Å². The third-order valence-electron chi connectivity index (χ3n) is 4.93. The fourth-order valence-electron chi connectivity index (χ4n) is 3.45. The Morgan fingerprint density at radius 1 is 0.964 bits per heavy atom. The van der Waals surface area contributed by atoms with Crippen LogP contribution < -0.4 is 0 Å². The minimum absolute atomic E-state index is 0.222. The van der Waals surface area contributed by atoms with E-state index in [1.165, 1.54) is 6.07 Å². The number of halogens is 2. The van der Waals surface area contributed by atoms with E-state index in [-0.39, 0.29) is 5.82 Å². The summed E-state index contributed by atoms with van der Waals surface area (Å²) in [6, 6.07) is 15.1. The first-order valence-corrected chi connectivity index (χ1v) is 10.2. The fourth-order valence-corrected chi connectivity index (χ4v) is 3.88. The van der Waals surface area contributed by atoms with Gasteiger partial charge in [-0.1, -0.05) is 29.4 Å². The zero-order valence-electron chi connectivity index (χ0n) is 15.5. The van der Waals surface area contributed by atoms with Crippen LogP contribution in [0, 0.1) is 5.82 Å². The first kappa shape index (κ1) is 19.2. The van der Waals surface area contributed by atoms with Crippen LogP contribution in [0.1, 0.15) is 17.8 Å². The molecule has 7 heteroatoms. The van der Waals surface area contributed by atoms with Crippen molar-refractivity contribution in [2.45, 2.75) is 19.5 Å². The largest absolute Gasteiger partial charge is 0.334 e. The van der Waals surface area contributed by atoms with Gasteiger partial charge in [0.15, 0.2) is 5.82 Å². The van der Waals surface area contributed by atoms with Crippen molar-refractivity contribution in [1.29, 1.82) is 0 Å². The van der Waals surface area contributed by atoms with E-state index in [1.54, 1.807) is 0 Å². The van der Waals surface area contributed by atoms with Gasteiger partial charge in [-0.15, -0.1) is 0 Å². The predicted molar refractivity (Wildman–Crippen MR) is 109 cm³/mol. The predicted octanol–water partition coefficient (Wildman–Crippen LogP) is 4.35. The molecule has 5 nitrogen and oxygen atoms in total. The standard InChI is InChI=1S/C21H22BrFN4O/c22-18-13-16(7-8-19(18)23)14-26-9-4-10-27(12-11-26)15-20-24-21(28-25-20)17-5-2-1-3-6-17/h1-3,5-8,13H,4,9-12,14-15H2. The molecule has 0 unspecified atom stereocenters. The summed E-state index contributed by atoms with van der Waals surface area (Å²) in [4.78, 5) is 9.31. The number of rotatable bonds is 5. The summed E-state index contributed by atoms with van der Waals surface area (Å²) in [5.41, 5.74) is 2.06. The molecule has 0 atom stereocenters. The molecular formula is C21H22BrFN4O. The van der Waals surface area contributed by atoms with Crippen LogP contribution in [0.5, 0.6) is 0 Å². The highest BCUT2D eigenvalue weighted by Crippen LogP contribution is 2.19. The van der Waals surface area contributed by atoms with Crippen LogP contribution in [-0.2, 0) is 13.1 Å². The highest BCUT2D eigenvalue weighted by Gasteiger charge is 2.18. The van der Waals surface area contributed by atoms with Crippen LogP contribution in [0.4, 0.5) is 4.39 Å². The monoisotopic (exact) mass is 444 g/mol. The summed E-state index contributed by atoms with van der Waals surface area (Å²) in [5, 5.41) is 4.14. The first-order valence-electron chi connectivity index (χ1n) is 9.44. The van der Waals surface area contributed by atoms with E-state index in [9.17, 15) is 4.39 Å².